The van der Waals surface area contributed by atoms with Crippen LogP contribution in [0.15, 0.2) is 42.5 Å². The number of carbonyl (C=O) groups excluding carboxylic acids is 1. The van der Waals surface area contributed by atoms with E-state index in [4.69, 9.17) is 0 Å². The average Bonchev–Trinajstić information content (AvgIpc) is 2.92. The van der Waals surface area contributed by atoms with Crippen molar-refractivity contribution in [3.8, 4) is 0 Å². The number of carbonyl (C=O) groups is 1. The molecule has 2 aromatic rings. The smallest absolute Gasteiger partial charge is 0.216 e. The third-order valence-corrected chi connectivity index (χ3v) is 4.71. The van der Waals surface area contributed by atoms with Crippen molar-refractivity contribution in [1.82, 2.24) is 5.32 Å². The van der Waals surface area contributed by atoms with Crippen LogP contribution >= 0.6 is 0 Å². The Kier molecular flexibility index (Phi) is 3.45. The van der Waals surface area contributed by atoms with Crippen LogP contribution in [0.4, 0.5) is 17.1 Å². The molecule has 0 unspecified atom stereocenters. The van der Waals surface area contributed by atoms with Gasteiger partial charge in [-0.15, -0.1) is 0 Å². The standard InChI is InChI=1S/C19H21N3O/c1-14(23)20-10-12-21-13-16-6-4-5-15-9-11-22(19(15)16)18-8-3-2-7-17(18)21/h2-8H,9-13H2,1H3,(H,20,23). The van der Waals surface area contributed by atoms with Gasteiger partial charge in [-0.3, -0.25) is 4.79 Å². The summed E-state index contributed by atoms with van der Waals surface area (Å²) in [7, 11) is 0. The van der Waals surface area contributed by atoms with E-state index in [1.807, 2.05) is 0 Å². The molecule has 4 nitrogen and oxygen atoms in total. The summed E-state index contributed by atoms with van der Waals surface area (Å²) in [5, 5.41) is 2.91. The Labute approximate surface area is 136 Å². The molecule has 2 aromatic carbocycles. The van der Waals surface area contributed by atoms with Crippen molar-refractivity contribution >= 4 is 23.0 Å². The number of fused-ring (bicyclic) bond motifs is 2. The van der Waals surface area contributed by atoms with E-state index in [0.29, 0.717) is 6.54 Å². The molecule has 23 heavy (non-hydrogen) atoms. The lowest BCUT2D eigenvalue weighted by atomic mass is 10.1. The van der Waals surface area contributed by atoms with Crippen LogP contribution in [0, 0.1) is 0 Å². The molecule has 1 amide bonds. The first kappa shape index (κ1) is 14.1. The number of nitrogens with one attached hydrogen (secondary N) is 1. The minimum atomic E-state index is 0.0264. The molecule has 0 saturated carbocycles. The van der Waals surface area contributed by atoms with Crippen molar-refractivity contribution in [3.05, 3.63) is 53.6 Å². The summed E-state index contributed by atoms with van der Waals surface area (Å²) in [6.07, 6.45) is 1.11. The monoisotopic (exact) mass is 307 g/mol. The van der Waals surface area contributed by atoms with Crippen LogP contribution in [0.5, 0.6) is 0 Å². The minimum absolute atomic E-state index is 0.0264. The molecule has 4 heteroatoms. The normalized spacial score (nSPS) is 15.0. The first-order valence-corrected chi connectivity index (χ1v) is 8.21. The van der Waals surface area contributed by atoms with Gasteiger partial charge in [0, 0.05) is 38.8 Å². The van der Waals surface area contributed by atoms with Gasteiger partial charge in [0.25, 0.3) is 0 Å². The van der Waals surface area contributed by atoms with E-state index in [9.17, 15) is 4.79 Å². The van der Waals surface area contributed by atoms with Crippen LogP contribution < -0.4 is 15.1 Å². The highest BCUT2D eigenvalue weighted by Gasteiger charge is 2.29. The maximum Gasteiger partial charge on any atom is 0.216 e. The summed E-state index contributed by atoms with van der Waals surface area (Å²) in [6, 6.07) is 15.2. The second-order valence-corrected chi connectivity index (χ2v) is 6.22. The van der Waals surface area contributed by atoms with E-state index in [2.05, 4.69) is 57.6 Å². The van der Waals surface area contributed by atoms with Gasteiger partial charge in [0.1, 0.15) is 0 Å². The molecule has 0 aliphatic carbocycles. The summed E-state index contributed by atoms with van der Waals surface area (Å²) in [6.45, 7) is 4.98. The molecule has 2 aliphatic rings. The number of benzene rings is 2. The number of hydrogen-bond acceptors (Lipinski definition) is 3. The van der Waals surface area contributed by atoms with E-state index in [1.165, 1.54) is 28.2 Å². The molecule has 0 bridgehead atoms. The number of nitrogens with zero attached hydrogens (tertiary/aromatic N) is 2. The van der Waals surface area contributed by atoms with Crippen molar-refractivity contribution in [1.29, 1.82) is 0 Å². The highest BCUT2D eigenvalue weighted by molar-refractivity contribution is 5.84. The summed E-state index contributed by atoms with van der Waals surface area (Å²) in [4.78, 5) is 16.0. The zero-order chi connectivity index (χ0) is 15.8. The SMILES string of the molecule is CC(=O)NCCN1Cc2cccc3c2N(CC3)c2ccccc21. The average molecular weight is 307 g/mol. The predicted molar refractivity (Wildman–Crippen MR) is 93.3 cm³/mol. The Morgan fingerprint density at radius 1 is 1.09 bits per heavy atom. The van der Waals surface area contributed by atoms with Crippen LogP contribution in [0.3, 0.4) is 0 Å². The molecule has 0 radical (unpaired) electrons. The van der Waals surface area contributed by atoms with E-state index in [-0.39, 0.29) is 5.91 Å². The number of anilines is 3. The van der Waals surface area contributed by atoms with Gasteiger partial charge in [-0.2, -0.15) is 0 Å². The second-order valence-electron chi connectivity index (χ2n) is 6.22. The molecular formula is C19H21N3O. The van der Waals surface area contributed by atoms with Crippen LogP contribution in [0.25, 0.3) is 0 Å². The highest BCUT2D eigenvalue weighted by atomic mass is 16.1. The molecule has 0 fully saturated rings. The fourth-order valence-corrected chi connectivity index (χ4v) is 3.72. The third kappa shape index (κ3) is 2.44. The minimum Gasteiger partial charge on any atom is -0.364 e. The summed E-state index contributed by atoms with van der Waals surface area (Å²) >= 11 is 0. The summed E-state index contributed by atoms with van der Waals surface area (Å²) in [5.41, 5.74) is 6.74. The Balaban J connectivity index is 1.74. The first-order valence-electron chi connectivity index (χ1n) is 8.21. The molecule has 0 saturated heterocycles. The van der Waals surface area contributed by atoms with Gasteiger partial charge in [-0.1, -0.05) is 30.3 Å². The molecule has 1 N–H and O–H groups in total. The van der Waals surface area contributed by atoms with Crippen molar-refractivity contribution < 1.29 is 4.79 Å². The predicted octanol–water partition coefficient (Wildman–Crippen LogP) is 2.84. The number of hydrogen-bond donors (Lipinski definition) is 1. The van der Waals surface area contributed by atoms with Crippen molar-refractivity contribution in [2.75, 3.05) is 29.4 Å². The van der Waals surface area contributed by atoms with Gasteiger partial charge < -0.3 is 15.1 Å². The van der Waals surface area contributed by atoms with E-state index in [1.54, 1.807) is 6.92 Å². The van der Waals surface area contributed by atoms with Crippen LogP contribution in [-0.2, 0) is 17.8 Å². The van der Waals surface area contributed by atoms with Gasteiger partial charge in [0.05, 0.1) is 11.4 Å². The second kappa shape index (κ2) is 5.61. The molecule has 4 rings (SSSR count). The Hall–Kier alpha value is -2.49. The zero-order valence-corrected chi connectivity index (χ0v) is 13.4. The number of rotatable bonds is 3. The third-order valence-electron chi connectivity index (χ3n) is 4.71. The Morgan fingerprint density at radius 2 is 1.87 bits per heavy atom. The van der Waals surface area contributed by atoms with Crippen LogP contribution in [0.2, 0.25) is 0 Å². The van der Waals surface area contributed by atoms with Crippen LogP contribution in [0.1, 0.15) is 18.1 Å². The molecule has 2 aliphatic heterocycles. The zero-order valence-electron chi connectivity index (χ0n) is 13.4. The van der Waals surface area contributed by atoms with E-state index >= 15 is 0 Å². The molecule has 0 spiro atoms. The summed E-state index contributed by atoms with van der Waals surface area (Å²) in [5.74, 6) is 0.0264. The van der Waals surface area contributed by atoms with Gasteiger partial charge in [-0.05, 0) is 29.7 Å². The molecule has 0 atom stereocenters. The maximum atomic E-state index is 11.2. The molecule has 0 aromatic heterocycles. The Bertz CT molecular complexity index is 756. The lowest BCUT2D eigenvalue weighted by Crippen LogP contribution is -2.33. The van der Waals surface area contributed by atoms with E-state index < -0.39 is 0 Å². The number of para-hydroxylation sites is 3. The quantitative estimate of drug-likeness (QED) is 0.947. The van der Waals surface area contributed by atoms with Crippen molar-refractivity contribution in [2.45, 2.75) is 19.9 Å². The fourth-order valence-electron chi connectivity index (χ4n) is 3.72. The molecule has 118 valence electrons. The van der Waals surface area contributed by atoms with Gasteiger partial charge in [0.2, 0.25) is 5.91 Å². The van der Waals surface area contributed by atoms with Gasteiger partial charge >= 0.3 is 0 Å². The maximum absolute atomic E-state index is 11.2. The Morgan fingerprint density at radius 3 is 2.70 bits per heavy atom. The van der Waals surface area contributed by atoms with E-state index in [0.717, 1.165) is 26.1 Å². The van der Waals surface area contributed by atoms with Crippen molar-refractivity contribution in [2.24, 2.45) is 0 Å². The van der Waals surface area contributed by atoms with Gasteiger partial charge in [-0.25, -0.2) is 0 Å². The first-order chi connectivity index (χ1) is 11.2. The van der Waals surface area contributed by atoms with Crippen molar-refractivity contribution in [3.63, 3.8) is 0 Å². The van der Waals surface area contributed by atoms with Gasteiger partial charge in [0.15, 0.2) is 0 Å². The van der Waals surface area contributed by atoms with Crippen LogP contribution in [-0.4, -0.2) is 25.5 Å². The lowest BCUT2D eigenvalue weighted by molar-refractivity contribution is -0.118. The fraction of sp³-hybridized carbons (Fsp3) is 0.316. The summed E-state index contributed by atoms with van der Waals surface area (Å²) < 4.78 is 0. The highest BCUT2D eigenvalue weighted by Crippen LogP contribution is 2.44. The molecular weight excluding hydrogens is 286 g/mol. The largest absolute Gasteiger partial charge is 0.364 e. The molecule has 2 heterocycles. The topological polar surface area (TPSA) is 35.6 Å². The number of amides is 1. The lowest BCUT2D eigenvalue weighted by Gasteiger charge is -2.26.